The minimum atomic E-state index is 0.00681. The second-order valence-corrected chi connectivity index (χ2v) is 7.30. The van der Waals surface area contributed by atoms with E-state index in [1.807, 2.05) is 24.3 Å². The number of hydrogen-bond donors (Lipinski definition) is 1. The molecule has 2 aliphatic heterocycles. The van der Waals surface area contributed by atoms with E-state index in [9.17, 15) is 4.79 Å². The lowest BCUT2D eigenvalue weighted by Crippen LogP contribution is -2.29. The van der Waals surface area contributed by atoms with Gasteiger partial charge < -0.3 is 10.2 Å². The van der Waals surface area contributed by atoms with Crippen LogP contribution in [0.25, 0.3) is 0 Å². The zero-order chi connectivity index (χ0) is 16.5. The van der Waals surface area contributed by atoms with Crippen LogP contribution in [0.2, 0.25) is 0 Å². The first kappa shape index (κ1) is 15.2. The summed E-state index contributed by atoms with van der Waals surface area (Å²) in [4.78, 5) is 20.3. The molecule has 0 radical (unpaired) electrons. The van der Waals surface area contributed by atoms with E-state index < -0.39 is 0 Å². The monoisotopic (exact) mass is 338 g/mol. The number of aromatic nitrogens is 1. The lowest BCUT2D eigenvalue weighted by molar-refractivity contribution is -0.116. The summed E-state index contributed by atoms with van der Waals surface area (Å²) in [6.45, 7) is 2.09. The van der Waals surface area contributed by atoms with Crippen LogP contribution in [0.5, 0.6) is 0 Å². The van der Waals surface area contributed by atoms with Gasteiger partial charge in [0.25, 0.3) is 0 Å². The Labute approximate surface area is 144 Å². The Morgan fingerprint density at radius 1 is 1.21 bits per heavy atom. The Morgan fingerprint density at radius 3 is 2.67 bits per heavy atom. The lowest BCUT2D eigenvalue weighted by atomic mass is 9.91. The first-order valence-electron chi connectivity index (χ1n) is 8.30. The average molecular weight is 338 g/mol. The number of hydrogen-bond acceptors (Lipinski definition) is 5. The number of piperidine rings is 1. The number of nitrogens with zero attached hydrogens (tertiary/aromatic N) is 3. The third-order valence-electron chi connectivity index (χ3n) is 4.67. The Hall–Kier alpha value is -2.39. The van der Waals surface area contributed by atoms with Gasteiger partial charge in [0, 0.05) is 25.4 Å². The van der Waals surface area contributed by atoms with E-state index >= 15 is 0 Å². The number of carbonyl (C=O) groups excluding carboxylic acids is 1. The summed E-state index contributed by atoms with van der Waals surface area (Å²) in [6, 6.07) is 9.66. The number of nitriles is 1. The molecule has 0 saturated carbocycles. The molecule has 1 atom stereocenters. The van der Waals surface area contributed by atoms with Crippen LogP contribution in [0.1, 0.15) is 47.6 Å². The molecule has 1 aromatic heterocycles. The van der Waals surface area contributed by atoms with E-state index in [2.05, 4.69) is 16.3 Å². The number of carbonyl (C=O) groups is 1. The molecule has 1 fully saturated rings. The summed E-state index contributed by atoms with van der Waals surface area (Å²) >= 11 is 1.69. The van der Waals surface area contributed by atoms with E-state index in [0.29, 0.717) is 17.8 Å². The van der Waals surface area contributed by atoms with Gasteiger partial charge in [-0.15, -0.1) is 0 Å². The Morgan fingerprint density at radius 2 is 1.96 bits per heavy atom. The lowest BCUT2D eigenvalue weighted by Gasteiger charge is -2.25. The number of rotatable bonds is 2. The summed E-state index contributed by atoms with van der Waals surface area (Å²) < 4.78 is 0. The van der Waals surface area contributed by atoms with Crippen molar-refractivity contribution < 1.29 is 4.79 Å². The molecule has 1 aromatic carbocycles. The van der Waals surface area contributed by atoms with Crippen LogP contribution in [0.3, 0.4) is 0 Å². The van der Waals surface area contributed by atoms with Crippen molar-refractivity contribution in [3.05, 3.63) is 40.3 Å². The molecule has 0 bridgehead atoms. The smallest absolute Gasteiger partial charge is 0.226 e. The summed E-state index contributed by atoms with van der Waals surface area (Å²) in [5, 5.41) is 12.9. The number of nitrogens with one attached hydrogen (secondary N) is 1. The van der Waals surface area contributed by atoms with Crippen molar-refractivity contribution in [2.75, 3.05) is 23.3 Å². The van der Waals surface area contributed by atoms with Crippen LogP contribution in [0.4, 0.5) is 10.9 Å². The van der Waals surface area contributed by atoms with Crippen molar-refractivity contribution in [1.82, 2.24) is 4.98 Å². The molecular formula is C18H18N4OS. The highest BCUT2D eigenvalue weighted by Crippen LogP contribution is 2.43. The molecule has 3 heterocycles. The fraction of sp³-hybridized carbons (Fsp3) is 0.389. The van der Waals surface area contributed by atoms with Gasteiger partial charge in [-0.25, -0.2) is 4.98 Å². The summed E-state index contributed by atoms with van der Waals surface area (Å²) in [5.41, 5.74) is 1.71. The Bertz CT molecular complexity index is 799. The molecule has 24 heavy (non-hydrogen) atoms. The first-order chi connectivity index (χ1) is 11.7. The molecule has 5 nitrogen and oxygen atoms in total. The minimum Gasteiger partial charge on any atom is -0.348 e. The molecule has 0 spiro atoms. The van der Waals surface area contributed by atoms with Crippen molar-refractivity contribution in [2.24, 2.45) is 0 Å². The second kappa shape index (κ2) is 6.25. The number of amides is 1. The minimum absolute atomic E-state index is 0.00681. The molecule has 0 aliphatic carbocycles. The van der Waals surface area contributed by atoms with Gasteiger partial charge in [-0.05, 0) is 37.0 Å². The van der Waals surface area contributed by atoms with Gasteiger partial charge in [0.1, 0.15) is 5.82 Å². The van der Waals surface area contributed by atoms with E-state index in [1.54, 1.807) is 11.3 Å². The molecule has 2 aromatic rings. The van der Waals surface area contributed by atoms with Gasteiger partial charge in [-0.1, -0.05) is 23.5 Å². The second-order valence-electron chi connectivity index (χ2n) is 6.30. The molecule has 4 rings (SSSR count). The van der Waals surface area contributed by atoms with Crippen molar-refractivity contribution in [1.29, 1.82) is 5.26 Å². The summed E-state index contributed by atoms with van der Waals surface area (Å²) in [7, 11) is 0. The highest BCUT2D eigenvalue weighted by Gasteiger charge is 2.31. The number of fused-ring (bicyclic) bond motifs is 1. The van der Waals surface area contributed by atoms with E-state index in [0.717, 1.165) is 28.7 Å². The maximum Gasteiger partial charge on any atom is 0.226 e. The highest BCUT2D eigenvalue weighted by atomic mass is 32.1. The first-order valence-corrected chi connectivity index (χ1v) is 9.12. The molecule has 1 saturated heterocycles. The van der Waals surface area contributed by atoms with Crippen LogP contribution in [-0.2, 0) is 4.79 Å². The molecule has 122 valence electrons. The Balaban J connectivity index is 1.69. The highest BCUT2D eigenvalue weighted by molar-refractivity contribution is 7.16. The quantitative estimate of drug-likeness (QED) is 0.910. The molecule has 1 amide bonds. The molecule has 1 N–H and O–H groups in total. The van der Waals surface area contributed by atoms with E-state index in [1.165, 1.54) is 19.3 Å². The average Bonchev–Trinajstić information content (AvgIpc) is 3.06. The predicted molar refractivity (Wildman–Crippen MR) is 94.4 cm³/mol. The van der Waals surface area contributed by atoms with Gasteiger partial charge in [-0.2, -0.15) is 5.26 Å². The third-order valence-corrected chi connectivity index (χ3v) is 5.90. The maximum atomic E-state index is 12.1. The van der Waals surface area contributed by atoms with E-state index in [4.69, 9.17) is 10.2 Å². The zero-order valence-electron chi connectivity index (χ0n) is 13.3. The molecule has 0 unspecified atom stereocenters. The molecule has 6 heteroatoms. The van der Waals surface area contributed by atoms with Crippen molar-refractivity contribution in [2.45, 2.75) is 31.6 Å². The fourth-order valence-electron chi connectivity index (χ4n) is 3.39. The van der Waals surface area contributed by atoms with Gasteiger partial charge in [0.2, 0.25) is 5.91 Å². The van der Waals surface area contributed by atoms with Crippen LogP contribution in [0, 0.1) is 11.3 Å². The zero-order valence-corrected chi connectivity index (χ0v) is 14.1. The van der Waals surface area contributed by atoms with Crippen LogP contribution in [-0.4, -0.2) is 24.0 Å². The van der Waals surface area contributed by atoms with Crippen LogP contribution in [0.15, 0.2) is 24.3 Å². The van der Waals surface area contributed by atoms with Crippen molar-refractivity contribution >= 4 is 28.2 Å². The number of thiazole rings is 1. The van der Waals surface area contributed by atoms with E-state index in [-0.39, 0.29) is 11.8 Å². The molecule has 2 aliphatic rings. The number of anilines is 2. The largest absolute Gasteiger partial charge is 0.348 e. The van der Waals surface area contributed by atoms with Gasteiger partial charge in [0.05, 0.1) is 16.5 Å². The summed E-state index contributed by atoms with van der Waals surface area (Å²) in [5.74, 6) is 0.746. The van der Waals surface area contributed by atoms with Crippen molar-refractivity contribution in [3.63, 3.8) is 0 Å². The topological polar surface area (TPSA) is 69.0 Å². The standard InChI is InChI=1S/C18H18N4OS/c19-11-12-4-6-13(7-5-12)14-10-15(23)20-17-16(14)24-18(21-17)22-8-2-1-3-9-22/h4-7,14H,1-3,8-10H2,(H,20,23)/t14-/m0/s1. The fourth-order valence-corrected chi connectivity index (χ4v) is 4.59. The van der Waals surface area contributed by atoms with Gasteiger partial charge in [-0.3, -0.25) is 4.79 Å². The summed E-state index contributed by atoms with van der Waals surface area (Å²) in [6.07, 6.45) is 4.12. The number of benzene rings is 1. The Kier molecular flexibility index (Phi) is 3.95. The van der Waals surface area contributed by atoms with Crippen molar-refractivity contribution in [3.8, 4) is 6.07 Å². The van der Waals surface area contributed by atoms with Gasteiger partial charge >= 0.3 is 0 Å². The third kappa shape index (κ3) is 2.76. The SMILES string of the molecule is N#Cc1ccc([C@@H]2CC(=O)Nc3nc(N4CCCCC4)sc32)cc1. The molecular weight excluding hydrogens is 320 g/mol. The maximum absolute atomic E-state index is 12.1. The van der Waals surface area contributed by atoms with Crippen LogP contribution < -0.4 is 10.2 Å². The normalized spacial score (nSPS) is 20.2. The predicted octanol–water partition coefficient (Wildman–Crippen LogP) is 3.48. The van der Waals surface area contributed by atoms with Gasteiger partial charge in [0.15, 0.2) is 5.13 Å². The van der Waals surface area contributed by atoms with Crippen LogP contribution >= 0.6 is 11.3 Å².